The van der Waals surface area contributed by atoms with Gasteiger partial charge in [0.25, 0.3) is 5.91 Å². The molecule has 0 fully saturated rings. The fourth-order valence-corrected chi connectivity index (χ4v) is 3.35. The second-order valence-corrected chi connectivity index (χ2v) is 6.88. The molecule has 1 aromatic heterocycles. The third-order valence-corrected chi connectivity index (χ3v) is 4.95. The van der Waals surface area contributed by atoms with Crippen molar-refractivity contribution in [2.75, 3.05) is 26.6 Å². The van der Waals surface area contributed by atoms with Crippen LogP contribution in [-0.2, 0) is 0 Å². The Morgan fingerprint density at radius 1 is 0.935 bits per heavy atom. The standard InChI is InChI=1S/C24H22N2O5/c1-14-7-5-6-8-17(14)24-26-18-10-9-16(13-19(18)31-24)25-23(27)15-11-20(28-2)22(30-4)21(12-15)29-3/h5-13H,1-4H3,(H,25,27). The molecule has 0 aliphatic rings. The number of hydrogen-bond acceptors (Lipinski definition) is 6. The van der Waals surface area contributed by atoms with Crippen molar-refractivity contribution in [1.82, 2.24) is 4.98 Å². The average molecular weight is 418 g/mol. The number of amides is 1. The number of ether oxygens (including phenoxy) is 3. The van der Waals surface area contributed by atoms with E-state index in [-0.39, 0.29) is 5.91 Å². The summed E-state index contributed by atoms with van der Waals surface area (Å²) in [5.41, 5.74) is 4.25. The summed E-state index contributed by atoms with van der Waals surface area (Å²) in [7, 11) is 4.52. The molecule has 3 aromatic carbocycles. The van der Waals surface area contributed by atoms with Gasteiger partial charge in [-0.05, 0) is 42.8 Å². The molecule has 1 amide bonds. The summed E-state index contributed by atoms with van der Waals surface area (Å²) < 4.78 is 21.9. The predicted molar refractivity (Wildman–Crippen MR) is 118 cm³/mol. The van der Waals surface area contributed by atoms with E-state index < -0.39 is 0 Å². The van der Waals surface area contributed by atoms with E-state index in [1.807, 2.05) is 37.3 Å². The molecule has 0 spiro atoms. The van der Waals surface area contributed by atoms with Crippen molar-refractivity contribution in [1.29, 1.82) is 0 Å². The molecule has 0 aliphatic heterocycles. The largest absolute Gasteiger partial charge is 0.493 e. The lowest BCUT2D eigenvalue weighted by Gasteiger charge is -2.14. The molecule has 158 valence electrons. The quantitative estimate of drug-likeness (QED) is 0.470. The van der Waals surface area contributed by atoms with Crippen LogP contribution in [0.2, 0.25) is 0 Å². The molecule has 1 heterocycles. The van der Waals surface area contributed by atoms with Crippen LogP contribution >= 0.6 is 0 Å². The first-order chi connectivity index (χ1) is 15.0. The van der Waals surface area contributed by atoms with E-state index in [2.05, 4.69) is 10.3 Å². The number of nitrogens with one attached hydrogen (secondary N) is 1. The van der Waals surface area contributed by atoms with Crippen LogP contribution in [0, 0.1) is 6.92 Å². The molecule has 4 rings (SSSR count). The zero-order valence-electron chi connectivity index (χ0n) is 17.7. The highest BCUT2D eigenvalue weighted by atomic mass is 16.5. The van der Waals surface area contributed by atoms with Gasteiger partial charge < -0.3 is 23.9 Å². The number of nitrogens with zero attached hydrogens (tertiary/aromatic N) is 1. The monoisotopic (exact) mass is 418 g/mol. The van der Waals surface area contributed by atoms with Crippen molar-refractivity contribution in [3.63, 3.8) is 0 Å². The number of hydrogen-bond donors (Lipinski definition) is 1. The highest BCUT2D eigenvalue weighted by Gasteiger charge is 2.18. The van der Waals surface area contributed by atoms with Gasteiger partial charge in [0.1, 0.15) is 5.52 Å². The lowest BCUT2D eigenvalue weighted by Crippen LogP contribution is -2.12. The van der Waals surface area contributed by atoms with Gasteiger partial charge in [0, 0.05) is 22.9 Å². The van der Waals surface area contributed by atoms with Gasteiger partial charge in [0.05, 0.1) is 21.3 Å². The van der Waals surface area contributed by atoms with Gasteiger partial charge in [-0.1, -0.05) is 18.2 Å². The Labute approximate surface area is 179 Å². The van der Waals surface area contributed by atoms with Crippen LogP contribution in [0.1, 0.15) is 15.9 Å². The Balaban J connectivity index is 1.63. The zero-order chi connectivity index (χ0) is 22.0. The van der Waals surface area contributed by atoms with Crippen molar-refractivity contribution in [3.05, 3.63) is 65.7 Å². The Morgan fingerprint density at radius 3 is 2.29 bits per heavy atom. The first-order valence-corrected chi connectivity index (χ1v) is 9.62. The highest BCUT2D eigenvalue weighted by Crippen LogP contribution is 2.38. The first-order valence-electron chi connectivity index (χ1n) is 9.62. The number of methoxy groups -OCH3 is 3. The summed E-state index contributed by atoms with van der Waals surface area (Å²) in [5, 5.41) is 2.87. The maximum Gasteiger partial charge on any atom is 0.255 e. The van der Waals surface area contributed by atoms with Crippen molar-refractivity contribution in [2.45, 2.75) is 6.92 Å². The van der Waals surface area contributed by atoms with Crippen LogP contribution in [-0.4, -0.2) is 32.2 Å². The van der Waals surface area contributed by atoms with Crippen LogP contribution in [0.5, 0.6) is 17.2 Å². The third-order valence-electron chi connectivity index (χ3n) is 4.95. The smallest absolute Gasteiger partial charge is 0.255 e. The zero-order valence-corrected chi connectivity index (χ0v) is 17.7. The molecular formula is C24H22N2O5. The van der Waals surface area contributed by atoms with Crippen molar-refractivity contribution < 1.29 is 23.4 Å². The minimum absolute atomic E-state index is 0.322. The topological polar surface area (TPSA) is 82.8 Å². The maximum absolute atomic E-state index is 12.8. The number of aryl methyl sites for hydroxylation is 1. The molecule has 0 saturated heterocycles. The summed E-state index contributed by atoms with van der Waals surface area (Å²) in [6, 6.07) is 16.4. The Bertz CT molecular complexity index is 1240. The Hall–Kier alpha value is -4.00. The van der Waals surface area contributed by atoms with Gasteiger partial charge in [0.2, 0.25) is 11.6 Å². The average Bonchev–Trinajstić information content (AvgIpc) is 3.21. The maximum atomic E-state index is 12.8. The fourth-order valence-electron chi connectivity index (χ4n) is 3.35. The van der Waals surface area contributed by atoms with E-state index >= 15 is 0 Å². The molecule has 0 saturated carbocycles. The van der Waals surface area contributed by atoms with Crippen LogP contribution in [0.25, 0.3) is 22.6 Å². The molecule has 31 heavy (non-hydrogen) atoms. The summed E-state index contributed by atoms with van der Waals surface area (Å²) in [5.74, 6) is 1.45. The summed E-state index contributed by atoms with van der Waals surface area (Å²) in [4.78, 5) is 17.4. The van der Waals surface area contributed by atoms with E-state index in [1.165, 1.54) is 21.3 Å². The molecule has 1 N–H and O–H groups in total. The lowest BCUT2D eigenvalue weighted by atomic mass is 10.1. The van der Waals surface area contributed by atoms with Crippen LogP contribution < -0.4 is 19.5 Å². The van der Waals surface area contributed by atoms with Gasteiger partial charge in [-0.25, -0.2) is 4.98 Å². The lowest BCUT2D eigenvalue weighted by molar-refractivity contribution is 0.102. The number of aromatic nitrogens is 1. The van der Waals surface area contributed by atoms with Crippen LogP contribution in [0.4, 0.5) is 5.69 Å². The van der Waals surface area contributed by atoms with E-state index in [0.29, 0.717) is 45.5 Å². The van der Waals surface area contributed by atoms with Gasteiger partial charge in [-0.2, -0.15) is 0 Å². The molecular weight excluding hydrogens is 396 g/mol. The number of carbonyl (C=O) groups is 1. The number of benzene rings is 3. The van der Waals surface area contributed by atoms with Gasteiger partial charge in [0.15, 0.2) is 17.1 Å². The van der Waals surface area contributed by atoms with E-state index in [9.17, 15) is 4.79 Å². The van der Waals surface area contributed by atoms with E-state index in [1.54, 1.807) is 24.3 Å². The van der Waals surface area contributed by atoms with Gasteiger partial charge in [-0.15, -0.1) is 0 Å². The molecule has 7 nitrogen and oxygen atoms in total. The first kappa shape index (κ1) is 20.3. The predicted octanol–water partition coefficient (Wildman–Crippen LogP) is 5.08. The number of fused-ring (bicyclic) bond motifs is 1. The molecule has 0 aliphatic carbocycles. The Morgan fingerprint density at radius 2 is 1.65 bits per heavy atom. The highest BCUT2D eigenvalue weighted by molar-refractivity contribution is 6.05. The van der Waals surface area contributed by atoms with E-state index in [4.69, 9.17) is 18.6 Å². The van der Waals surface area contributed by atoms with Crippen molar-refractivity contribution in [2.24, 2.45) is 0 Å². The second kappa shape index (κ2) is 8.39. The normalized spacial score (nSPS) is 10.7. The summed E-state index contributed by atoms with van der Waals surface area (Å²) >= 11 is 0. The number of oxazole rings is 1. The van der Waals surface area contributed by atoms with Gasteiger partial charge >= 0.3 is 0 Å². The summed E-state index contributed by atoms with van der Waals surface area (Å²) in [6.45, 7) is 2.01. The molecule has 0 unspecified atom stereocenters. The molecule has 7 heteroatoms. The number of anilines is 1. The van der Waals surface area contributed by atoms with Crippen LogP contribution in [0.15, 0.2) is 59.0 Å². The molecule has 0 radical (unpaired) electrons. The minimum atomic E-state index is -0.322. The van der Waals surface area contributed by atoms with Crippen LogP contribution in [0.3, 0.4) is 0 Å². The fraction of sp³-hybridized carbons (Fsp3) is 0.167. The molecule has 0 atom stereocenters. The van der Waals surface area contributed by atoms with Crippen molar-refractivity contribution >= 4 is 22.7 Å². The van der Waals surface area contributed by atoms with Crippen molar-refractivity contribution in [3.8, 4) is 28.7 Å². The minimum Gasteiger partial charge on any atom is -0.493 e. The molecule has 4 aromatic rings. The third kappa shape index (κ3) is 3.90. The second-order valence-electron chi connectivity index (χ2n) is 6.88. The SMILES string of the molecule is COc1cc(C(=O)Nc2ccc3nc(-c4ccccc4C)oc3c2)cc(OC)c1OC. The molecule has 0 bridgehead atoms. The van der Waals surface area contributed by atoms with E-state index in [0.717, 1.165) is 11.1 Å². The Kier molecular flexibility index (Phi) is 5.49. The van der Waals surface area contributed by atoms with Gasteiger partial charge in [-0.3, -0.25) is 4.79 Å². The number of rotatable bonds is 6. The number of carbonyl (C=O) groups excluding carboxylic acids is 1. The summed E-state index contributed by atoms with van der Waals surface area (Å²) in [6.07, 6.45) is 0.